The molecule has 1 amide bonds. The lowest BCUT2D eigenvalue weighted by Crippen LogP contribution is -2.45. The fourth-order valence-corrected chi connectivity index (χ4v) is 1.29. The molecule has 96 valence electrons. The molecule has 0 radical (unpaired) electrons. The van der Waals surface area contributed by atoms with Crippen molar-refractivity contribution >= 4 is 5.91 Å². The highest BCUT2D eigenvalue weighted by Crippen LogP contribution is 1.94. The molecule has 4 nitrogen and oxygen atoms in total. The molecule has 0 fully saturated rings. The van der Waals surface area contributed by atoms with E-state index in [4.69, 9.17) is 5.11 Å². The van der Waals surface area contributed by atoms with Gasteiger partial charge in [0, 0.05) is 12.6 Å². The third-order valence-electron chi connectivity index (χ3n) is 2.68. The fourth-order valence-electron chi connectivity index (χ4n) is 1.29. The van der Waals surface area contributed by atoms with Crippen molar-refractivity contribution in [2.45, 2.75) is 58.5 Å². The Labute approximate surface area is 98.8 Å². The molecule has 0 rings (SSSR count). The van der Waals surface area contributed by atoms with Gasteiger partial charge in [-0.2, -0.15) is 0 Å². The lowest BCUT2D eigenvalue weighted by atomic mass is 10.2. The Morgan fingerprint density at radius 2 is 1.94 bits per heavy atom. The van der Waals surface area contributed by atoms with Gasteiger partial charge in [0.2, 0.25) is 5.91 Å². The predicted octanol–water partition coefficient (Wildman–Crippen LogP) is 1.04. The Balaban J connectivity index is 3.55. The largest absolute Gasteiger partial charge is 0.396 e. The summed E-state index contributed by atoms with van der Waals surface area (Å²) in [7, 11) is 0. The van der Waals surface area contributed by atoms with Crippen molar-refractivity contribution in [3.8, 4) is 0 Å². The summed E-state index contributed by atoms with van der Waals surface area (Å²) in [6.07, 6.45) is 3.80. The van der Waals surface area contributed by atoms with Crippen LogP contribution in [0.4, 0.5) is 0 Å². The van der Waals surface area contributed by atoms with E-state index in [1.54, 1.807) is 0 Å². The Hall–Kier alpha value is -0.610. The number of aliphatic hydroxyl groups excluding tert-OH is 1. The zero-order valence-electron chi connectivity index (χ0n) is 10.8. The first kappa shape index (κ1) is 15.4. The second-order valence-corrected chi connectivity index (χ2v) is 4.28. The molecule has 0 saturated carbocycles. The summed E-state index contributed by atoms with van der Waals surface area (Å²) in [5.41, 5.74) is 0. The van der Waals surface area contributed by atoms with E-state index in [0.29, 0.717) is 0 Å². The molecule has 0 saturated heterocycles. The van der Waals surface area contributed by atoms with Gasteiger partial charge in [0.1, 0.15) is 0 Å². The first-order valence-corrected chi connectivity index (χ1v) is 6.26. The Morgan fingerprint density at radius 3 is 2.50 bits per heavy atom. The molecule has 0 aliphatic carbocycles. The number of aliphatic hydroxyl groups is 1. The van der Waals surface area contributed by atoms with Crippen molar-refractivity contribution < 1.29 is 9.90 Å². The topological polar surface area (TPSA) is 61.4 Å². The van der Waals surface area contributed by atoms with Crippen LogP contribution in [0.2, 0.25) is 0 Å². The van der Waals surface area contributed by atoms with E-state index in [1.807, 2.05) is 13.8 Å². The average Bonchev–Trinajstić information content (AvgIpc) is 2.28. The second-order valence-electron chi connectivity index (χ2n) is 4.28. The zero-order valence-corrected chi connectivity index (χ0v) is 10.8. The van der Waals surface area contributed by atoms with E-state index in [2.05, 4.69) is 17.6 Å². The first-order chi connectivity index (χ1) is 7.61. The summed E-state index contributed by atoms with van der Waals surface area (Å²) in [6.45, 7) is 7.02. The van der Waals surface area contributed by atoms with Crippen molar-refractivity contribution in [3.63, 3.8) is 0 Å². The van der Waals surface area contributed by atoms with E-state index < -0.39 is 0 Å². The van der Waals surface area contributed by atoms with Gasteiger partial charge in [-0.1, -0.05) is 6.92 Å². The Morgan fingerprint density at radius 1 is 1.25 bits per heavy atom. The minimum absolute atomic E-state index is 0.0662. The average molecular weight is 230 g/mol. The maximum Gasteiger partial charge on any atom is 0.237 e. The van der Waals surface area contributed by atoms with Crippen LogP contribution in [-0.4, -0.2) is 36.2 Å². The van der Waals surface area contributed by atoms with Gasteiger partial charge >= 0.3 is 0 Å². The number of hydrogen-bond acceptors (Lipinski definition) is 3. The van der Waals surface area contributed by atoms with Crippen LogP contribution in [-0.2, 0) is 4.79 Å². The third kappa shape index (κ3) is 7.65. The van der Waals surface area contributed by atoms with Gasteiger partial charge < -0.3 is 15.7 Å². The molecule has 0 aliphatic heterocycles. The Bertz CT molecular complexity index is 186. The predicted molar refractivity (Wildman–Crippen MR) is 66.3 cm³/mol. The van der Waals surface area contributed by atoms with Crippen LogP contribution in [0.25, 0.3) is 0 Å². The van der Waals surface area contributed by atoms with Crippen molar-refractivity contribution in [1.29, 1.82) is 0 Å². The quantitative estimate of drug-likeness (QED) is 0.519. The van der Waals surface area contributed by atoms with E-state index >= 15 is 0 Å². The minimum Gasteiger partial charge on any atom is -0.396 e. The monoisotopic (exact) mass is 230 g/mol. The van der Waals surface area contributed by atoms with Crippen molar-refractivity contribution in [1.82, 2.24) is 10.6 Å². The van der Waals surface area contributed by atoms with E-state index in [0.717, 1.165) is 32.2 Å². The summed E-state index contributed by atoms with van der Waals surface area (Å²) in [6, 6.07) is 0.106. The van der Waals surface area contributed by atoms with Crippen LogP contribution >= 0.6 is 0 Å². The molecule has 0 bridgehead atoms. The molecule has 2 unspecified atom stereocenters. The molecular weight excluding hydrogens is 204 g/mol. The smallest absolute Gasteiger partial charge is 0.237 e. The van der Waals surface area contributed by atoms with Crippen molar-refractivity contribution in [2.75, 3.05) is 13.2 Å². The molecular formula is C12H26N2O2. The number of carbonyl (C=O) groups excluding carboxylic acids is 1. The second kappa shape index (κ2) is 9.60. The number of unbranched alkanes of at least 4 members (excludes halogenated alkanes) is 2. The van der Waals surface area contributed by atoms with Gasteiger partial charge in [-0.05, 0) is 46.1 Å². The van der Waals surface area contributed by atoms with Crippen LogP contribution in [0.15, 0.2) is 0 Å². The van der Waals surface area contributed by atoms with E-state index in [-0.39, 0.29) is 24.6 Å². The molecule has 0 aromatic carbocycles. The summed E-state index contributed by atoms with van der Waals surface area (Å²) in [5.74, 6) is 0.0662. The molecule has 16 heavy (non-hydrogen) atoms. The molecule has 0 aromatic heterocycles. The SMILES string of the molecule is CCC(C)NC(=O)C(C)NCCCCCO. The van der Waals surface area contributed by atoms with Gasteiger partial charge in [-0.3, -0.25) is 4.79 Å². The highest BCUT2D eigenvalue weighted by molar-refractivity contribution is 5.81. The third-order valence-corrected chi connectivity index (χ3v) is 2.68. The lowest BCUT2D eigenvalue weighted by Gasteiger charge is -2.17. The molecule has 0 aliphatic rings. The van der Waals surface area contributed by atoms with Gasteiger partial charge in [-0.25, -0.2) is 0 Å². The van der Waals surface area contributed by atoms with Gasteiger partial charge in [0.25, 0.3) is 0 Å². The molecule has 0 aromatic rings. The molecule has 4 heteroatoms. The Kier molecular flexibility index (Phi) is 9.24. The van der Waals surface area contributed by atoms with Crippen molar-refractivity contribution in [3.05, 3.63) is 0 Å². The number of nitrogens with one attached hydrogen (secondary N) is 2. The van der Waals surface area contributed by atoms with Gasteiger partial charge in [0.05, 0.1) is 6.04 Å². The van der Waals surface area contributed by atoms with Crippen LogP contribution in [0, 0.1) is 0 Å². The summed E-state index contributed by atoms with van der Waals surface area (Å²) in [5, 5.41) is 14.7. The maximum atomic E-state index is 11.6. The van der Waals surface area contributed by atoms with Crippen LogP contribution < -0.4 is 10.6 Å². The lowest BCUT2D eigenvalue weighted by molar-refractivity contribution is -0.123. The van der Waals surface area contributed by atoms with Crippen LogP contribution in [0.5, 0.6) is 0 Å². The van der Waals surface area contributed by atoms with Gasteiger partial charge in [-0.15, -0.1) is 0 Å². The minimum atomic E-state index is -0.136. The summed E-state index contributed by atoms with van der Waals surface area (Å²) in [4.78, 5) is 11.6. The van der Waals surface area contributed by atoms with Gasteiger partial charge in [0.15, 0.2) is 0 Å². The molecule has 3 N–H and O–H groups in total. The van der Waals surface area contributed by atoms with Crippen molar-refractivity contribution in [2.24, 2.45) is 0 Å². The normalized spacial score (nSPS) is 14.5. The first-order valence-electron chi connectivity index (χ1n) is 6.26. The number of carbonyl (C=O) groups is 1. The van der Waals surface area contributed by atoms with E-state index in [9.17, 15) is 4.79 Å². The molecule has 2 atom stereocenters. The highest BCUT2D eigenvalue weighted by atomic mass is 16.2. The standard InChI is InChI=1S/C12H26N2O2/c1-4-10(2)14-12(16)11(3)13-8-6-5-7-9-15/h10-11,13,15H,4-9H2,1-3H3,(H,14,16). The zero-order chi connectivity index (χ0) is 12.4. The maximum absolute atomic E-state index is 11.6. The summed E-state index contributed by atoms with van der Waals surface area (Å²) < 4.78 is 0. The molecule has 0 spiro atoms. The van der Waals surface area contributed by atoms with Crippen LogP contribution in [0.3, 0.4) is 0 Å². The van der Waals surface area contributed by atoms with E-state index in [1.165, 1.54) is 0 Å². The van der Waals surface area contributed by atoms with Crippen LogP contribution in [0.1, 0.15) is 46.5 Å². The highest BCUT2D eigenvalue weighted by Gasteiger charge is 2.12. The summed E-state index contributed by atoms with van der Waals surface area (Å²) >= 11 is 0. The fraction of sp³-hybridized carbons (Fsp3) is 0.917. The molecule has 0 heterocycles. The number of rotatable bonds is 9. The number of hydrogen-bond donors (Lipinski definition) is 3. The number of amides is 1.